The Balaban J connectivity index is 2.30. The lowest BCUT2D eigenvalue weighted by Gasteiger charge is -2.39. The van der Waals surface area contributed by atoms with Crippen molar-refractivity contribution >= 4 is 0 Å². The van der Waals surface area contributed by atoms with Crippen molar-refractivity contribution in [3.8, 4) is 0 Å². The predicted octanol–water partition coefficient (Wildman–Crippen LogP) is 2.45. The van der Waals surface area contributed by atoms with Gasteiger partial charge in [0.15, 0.2) is 0 Å². The summed E-state index contributed by atoms with van der Waals surface area (Å²) < 4.78 is 0. The van der Waals surface area contributed by atoms with Crippen LogP contribution < -0.4 is 0 Å². The van der Waals surface area contributed by atoms with Crippen LogP contribution in [0.4, 0.5) is 0 Å². The summed E-state index contributed by atoms with van der Waals surface area (Å²) in [5.41, 5.74) is 0.606. The Labute approximate surface area is 95.6 Å². The van der Waals surface area contributed by atoms with Gasteiger partial charge in [-0.3, -0.25) is 0 Å². The van der Waals surface area contributed by atoms with Crippen molar-refractivity contribution < 1.29 is 0 Å². The minimum absolute atomic E-state index is 0.606. The summed E-state index contributed by atoms with van der Waals surface area (Å²) in [6.45, 7) is 13.3. The van der Waals surface area contributed by atoms with E-state index in [1.807, 2.05) is 0 Å². The molecular formula is C13H28N2. The number of likely N-dealkylation sites (tertiary alicyclic amines) is 1. The molecule has 0 aliphatic carbocycles. The van der Waals surface area contributed by atoms with Crippen molar-refractivity contribution in [1.82, 2.24) is 9.80 Å². The van der Waals surface area contributed by atoms with Crippen LogP contribution in [0.3, 0.4) is 0 Å². The Kier molecular flexibility index (Phi) is 5.07. The van der Waals surface area contributed by atoms with Crippen LogP contribution in [0, 0.1) is 5.41 Å². The third-order valence-corrected chi connectivity index (χ3v) is 4.12. The molecule has 0 atom stereocenters. The van der Waals surface area contributed by atoms with Gasteiger partial charge in [-0.2, -0.15) is 0 Å². The van der Waals surface area contributed by atoms with E-state index in [1.54, 1.807) is 0 Å². The van der Waals surface area contributed by atoms with E-state index in [0.717, 1.165) is 0 Å². The molecule has 0 amide bonds. The van der Waals surface area contributed by atoms with Crippen molar-refractivity contribution in [1.29, 1.82) is 0 Å². The van der Waals surface area contributed by atoms with E-state index in [4.69, 9.17) is 0 Å². The summed E-state index contributed by atoms with van der Waals surface area (Å²) in [5.74, 6) is 0. The van der Waals surface area contributed by atoms with E-state index < -0.39 is 0 Å². The molecule has 1 fully saturated rings. The normalized spacial score (nSPS) is 22.2. The van der Waals surface area contributed by atoms with Crippen LogP contribution in [0.1, 0.15) is 40.0 Å². The molecule has 15 heavy (non-hydrogen) atoms. The quantitative estimate of drug-likeness (QED) is 0.691. The molecular weight excluding hydrogens is 184 g/mol. The van der Waals surface area contributed by atoms with E-state index in [-0.39, 0.29) is 0 Å². The summed E-state index contributed by atoms with van der Waals surface area (Å²) in [4.78, 5) is 5.00. The van der Waals surface area contributed by atoms with E-state index in [0.29, 0.717) is 5.41 Å². The third kappa shape index (κ3) is 4.12. The van der Waals surface area contributed by atoms with Crippen LogP contribution in [0.2, 0.25) is 0 Å². The molecule has 0 radical (unpaired) electrons. The number of hydrogen-bond acceptors (Lipinski definition) is 2. The molecule has 90 valence electrons. The predicted molar refractivity (Wildman–Crippen MR) is 67.2 cm³/mol. The molecule has 0 N–H and O–H groups in total. The average molecular weight is 212 g/mol. The first-order chi connectivity index (χ1) is 7.09. The highest BCUT2D eigenvalue weighted by atomic mass is 15.1. The summed E-state index contributed by atoms with van der Waals surface area (Å²) in [6, 6.07) is 0. The zero-order valence-corrected chi connectivity index (χ0v) is 11.1. The zero-order chi connectivity index (χ0) is 11.3. The molecule has 0 aromatic carbocycles. The highest BCUT2D eigenvalue weighted by molar-refractivity contribution is 4.82. The number of nitrogens with zero attached hydrogens (tertiary/aromatic N) is 2. The molecule has 1 saturated heterocycles. The first-order valence-corrected chi connectivity index (χ1v) is 6.50. The first kappa shape index (κ1) is 13.0. The lowest BCUT2D eigenvalue weighted by molar-refractivity contribution is 0.114. The van der Waals surface area contributed by atoms with Crippen LogP contribution in [0.25, 0.3) is 0 Å². The largest absolute Gasteiger partial charge is 0.306 e. The molecule has 1 aliphatic rings. The number of piperidine rings is 1. The van der Waals surface area contributed by atoms with Crippen molar-refractivity contribution in [3.63, 3.8) is 0 Å². The van der Waals surface area contributed by atoms with Gasteiger partial charge in [-0.1, -0.05) is 20.8 Å². The van der Waals surface area contributed by atoms with Gasteiger partial charge in [0, 0.05) is 0 Å². The van der Waals surface area contributed by atoms with Gasteiger partial charge < -0.3 is 9.80 Å². The van der Waals surface area contributed by atoms with Crippen LogP contribution >= 0.6 is 0 Å². The fraction of sp³-hybridized carbons (Fsp3) is 1.00. The molecule has 1 aliphatic heterocycles. The molecule has 0 spiro atoms. The molecule has 1 rings (SSSR count). The maximum Gasteiger partial charge on any atom is -0.00138 e. The van der Waals surface area contributed by atoms with E-state index >= 15 is 0 Å². The lowest BCUT2D eigenvalue weighted by atomic mass is 9.77. The van der Waals surface area contributed by atoms with Gasteiger partial charge in [0.05, 0.1) is 0 Å². The lowest BCUT2D eigenvalue weighted by Crippen LogP contribution is -2.38. The van der Waals surface area contributed by atoms with Crippen molar-refractivity contribution in [3.05, 3.63) is 0 Å². The number of hydrogen-bond donors (Lipinski definition) is 0. The van der Waals surface area contributed by atoms with E-state index in [1.165, 1.54) is 52.0 Å². The molecule has 0 bridgehead atoms. The maximum atomic E-state index is 2.55. The van der Waals surface area contributed by atoms with Gasteiger partial charge in [0.2, 0.25) is 0 Å². The molecule has 0 aromatic heterocycles. The third-order valence-electron chi connectivity index (χ3n) is 4.12. The van der Waals surface area contributed by atoms with Gasteiger partial charge in [0.25, 0.3) is 0 Å². The van der Waals surface area contributed by atoms with Crippen molar-refractivity contribution in [2.75, 3.05) is 39.8 Å². The SMILES string of the molecule is CCN(CC)CCC1(C)CCN(C)CC1. The van der Waals surface area contributed by atoms with Gasteiger partial charge in [-0.15, -0.1) is 0 Å². The molecule has 2 nitrogen and oxygen atoms in total. The summed E-state index contributed by atoms with van der Waals surface area (Å²) in [6.07, 6.45) is 4.14. The Morgan fingerprint density at radius 2 is 1.67 bits per heavy atom. The second-order valence-corrected chi connectivity index (χ2v) is 5.39. The monoisotopic (exact) mass is 212 g/mol. The second-order valence-electron chi connectivity index (χ2n) is 5.39. The summed E-state index contributed by atoms with van der Waals surface area (Å²) in [5, 5.41) is 0. The highest BCUT2D eigenvalue weighted by Gasteiger charge is 2.28. The second kappa shape index (κ2) is 5.86. The average Bonchev–Trinajstić information content (AvgIpc) is 2.25. The topological polar surface area (TPSA) is 6.48 Å². The molecule has 1 heterocycles. The Morgan fingerprint density at radius 3 is 2.13 bits per heavy atom. The molecule has 0 saturated carbocycles. The Morgan fingerprint density at radius 1 is 1.13 bits per heavy atom. The first-order valence-electron chi connectivity index (χ1n) is 6.50. The highest BCUT2D eigenvalue weighted by Crippen LogP contribution is 2.33. The minimum Gasteiger partial charge on any atom is -0.306 e. The van der Waals surface area contributed by atoms with Crippen LogP contribution in [-0.2, 0) is 0 Å². The number of rotatable bonds is 5. The molecule has 0 unspecified atom stereocenters. The summed E-state index contributed by atoms with van der Waals surface area (Å²) in [7, 11) is 2.24. The summed E-state index contributed by atoms with van der Waals surface area (Å²) >= 11 is 0. The van der Waals surface area contributed by atoms with Gasteiger partial charge in [-0.25, -0.2) is 0 Å². The molecule has 0 aromatic rings. The minimum atomic E-state index is 0.606. The maximum absolute atomic E-state index is 2.55. The van der Waals surface area contributed by atoms with Crippen LogP contribution in [0.5, 0.6) is 0 Å². The van der Waals surface area contributed by atoms with Crippen LogP contribution in [0.15, 0.2) is 0 Å². The van der Waals surface area contributed by atoms with Crippen LogP contribution in [-0.4, -0.2) is 49.6 Å². The van der Waals surface area contributed by atoms with E-state index in [2.05, 4.69) is 37.6 Å². The van der Waals surface area contributed by atoms with Gasteiger partial charge in [0.1, 0.15) is 0 Å². The van der Waals surface area contributed by atoms with Gasteiger partial charge in [-0.05, 0) is 64.4 Å². The Hall–Kier alpha value is -0.0800. The van der Waals surface area contributed by atoms with Gasteiger partial charge >= 0.3 is 0 Å². The fourth-order valence-electron chi connectivity index (χ4n) is 2.38. The van der Waals surface area contributed by atoms with Crippen molar-refractivity contribution in [2.45, 2.75) is 40.0 Å². The van der Waals surface area contributed by atoms with Crippen molar-refractivity contribution in [2.24, 2.45) is 5.41 Å². The zero-order valence-electron chi connectivity index (χ0n) is 11.1. The Bertz CT molecular complexity index is 167. The standard InChI is InChI=1S/C13H28N2/c1-5-15(6-2)12-9-13(3)7-10-14(4)11-8-13/h5-12H2,1-4H3. The van der Waals surface area contributed by atoms with E-state index in [9.17, 15) is 0 Å². The fourth-order valence-corrected chi connectivity index (χ4v) is 2.38. The smallest absolute Gasteiger partial charge is 0.00138 e. The molecule has 2 heteroatoms.